The maximum absolute atomic E-state index is 13.5. The number of fused-ring (bicyclic) bond motifs is 1. The van der Waals surface area contributed by atoms with Crippen LogP contribution in [0.3, 0.4) is 0 Å². The van der Waals surface area contributed by atoms with Gasteiger partial charge in [-0.3, -0.25) is 4.79 Å². The molecular formula is C23H21ClF3N3O3. The first-order valence-electron chi connectivity index (χ1n) is 10.2. The Labute approximate surface area is 193 Å². The fourth-order valence-electron chi connectivity index (χ4n) is 3.63. The number of halogens is 4. The molecule has 2 aromatic carbocycles. The van der Waals surface area contributed by atoms with Crippen LogP contribution in [0, 0.1) is 6.92 Å². The van der Waals surface area contributed by atoms with Crippen LogP contribution in [0.4, 0.5) is 13.2 Å². The molecule has 0 spiro atoms. The molecule has 1 aromatic heterocycles. The fraction of sp³-hybridized carbons (Fsp3) is 0.304. The van der Waals surface area contributed by atoms with Crippen molar-refractivity contribution in [2.45, 2.75) is 32.5 Å². The topological polar surface area (TPSA) is 65.4 Å². The second-order valence-electron chi connectivity index (χ2n) is 7.65. The lowest BCUT2D eigenvalue weighted by Gasteiger charge is -2.20. The Morgan fingerprint density at radius 1 is 1.18 bits per heavy atom. The van der Waals surface area contributed by atoms with E-state index in [2.05, 4.69) is 10.4 Å². The Bertz CT molecular complexity index is 1190. The van der Waals surface area contributed by atoms with E-state index in [1.54, 1.807) is 43.3 Å². The second-order valence-corrected chi connectivity index (χ2v) is 8.09. The summed E-state index contributed by atoms with van der Waals surface area (Å²) in [6, 6.07) is 11.6. The normalized spacial score (nSPS) is 14.1. The quantitative estimate of drug-likeness (QED) is 0.556. The first-order chi connectivity index (χ1) is 15.6. The highest BCUT2D eigenvalue weighted by molar-refractivity contribution is 6.30. The number of nitrogens with one attached hydrogen (secondary N) is 1. The van der Waals surface area contributed by atoms with Crippen molar-refractivity contribution >= 4 is 17.5 Å². The summed E-state index contributed by atoms with van der Waals surface area (Å²) in [6.45, 7) is 3.79. The molecule has 4 rings (SSSR count). The summed E-state index contributed by atoms with van der Waals surface area (Å²) in [5.74, 6) is 0.255. The van der Waals surface area contributed by atoms with Crippen LogP contribution in [0.5, 0.6) is 11.5 Å². The number of rotatable bonds is 5. The minimum Gasteiger partial charge on any atom is -0.486 e. The summed E-state index contributed by atoms with van der Waals surface area (Å²) < 4.78 is 52.8. The molecule has 3 aromatic rings. The number of carbonyl (C=O) groups is 1. The third-order valence-electron chi connectivity index (χ3n) is 5.45. The van der Waals surface area contributed by atoms with Crippen molar-refractivity contribution < 1.29 is 27.4 Å². The van der Waals surface area contributed by atoms with E-state index >= 15 is 0 Å². The molecule has 10 heteroatoms. The predicted octanol–water partition coefficient (Wildman–Crippen LogP) is 5.04. The van der Waals surface area contributed by atoms with Crippen LogP contribution in [0.1, 0.15) is 35.4 Å². The van der Waals surface area contributed by atoms with Crippen molar-refractivity contribution in [2.75, 3.05) is 13.2 Å². The predicted molar refractivity (Wildman–Crippen MR) is 116 cm³/mol. The third kappa shape index (κ3) is 4.78. The van der Waals surface area contributed by atoms with Crippen LogP contribution >= 0.6 is 11.6 Å². The van der Waals surface area contributed by atoms with E-state index in [4.69, 9.17) is 21.1 Å². The molecule has 1 amide bonds. The van der Waals surface area contributed by atoms with Crippen molar-refractivity contribution in [3.63, 3.8) is 0 Å². The highest BCUT2D eigenvalue weighted by atomic mass is 35.5. The molecule has 1 aliphatic rings. The molecule has 2 heterocycles. The van der Waals surface area contributed by atoms with E-state index in [0.29, 0.717) is 41.0 Å². The van der Waals surface area contributed by atoms with E-state index in [1.165, 1.54) is 17.7 Å². The van der Waals surface area contributed by atoms with Gasteiger partial charge in [-0.25, -0.2) is 4.68 Å². The van der Waals surface area contributed by atoms with Gasteiger partial charge in [-0.15, -0.1) is 0 Å². The number of nitrogens with zero attached hydrogens (tertiary/aromatic N) is 2. The Hall–Kier alpha value is -3.20. The summed E-state index contributed by atoms with van der Waals surface area (Å²) in [7, 11) is 0. The Morgan fingerprint density at radius 2 is 1.91 bits per heavy atom. The van der Waals surface area contributed by atoms with Gasteiger partial charge in [0.05, 0.1) is 23.8 Å². The fourth-order valence-corrected chi connectivity index (χ4v) is 3.82. The smallest absolute Gasteiger partial charge is 0.435 e. The third-order valence-corrected chi connectivity index (χ3v) is 5.69. The molecule has 0 radical (unpaired) electrons. The molecule has 1 atom stereocenters. The molecule has 33 heavy (non-hydrogen) atoms. The van der Waals surface area contributed by atoms with Crippen molar-refractivity contribution in [3.8, 4) is 17.2 Å². The zero-order valence-electron chi connectivity index (χ0n) is 17.9. The lowest BCUT2D eigenvalue weighted by atomic mass is 9.99. The van der Waals surface area contributed by atoms with Gasteiger partial charge < -0.3 is 14.8 Å². The van der Waals surface area contributed by atoms with Gasteiger partial charge in [-0.2, -0.15) is 18.3 Å². The largest absolute Gasteiger partial charge is 0.486 e. The average molecular weight is 480 g/mol. The number of alkyl halides is 3. The van der Waals surface area contributed by atoms with Crippen LogP contribution in [-0.4, -0.2) is 28.9 Å². The van der Waals surface area contributed by atoms with Crippen LogP contribution in [0.25, 0.3) is 5.69 Å². The van der Waals surface area contributed by atoms with Gasteiger partial charge in [0.15, 0.2) is 17.2 Å². The van der Waals surface area contributed by atoms with Crippen LogP contribution in [0.2, 0.25) is 5.02 Å². The van der Waals surface area contributed by atoms with Gasteiger partial charge in [-0.1, -0.05) is 23.7 Å². The lowest BCUT2D eigenvalue weighted by molar-refractivity contribution is -0.141. The summed E-state index contributed by atoms with van der Waals surface area (Å²) >= 11 is 6.02. The first-order valence-corrected chi connectivity index (χ1v) is 10.6. The Balaban J connectivity index is 1.58. The van der Waals surface area contributed by atoms with E-state index in [9.17, 15) is 18.0 Å². The van der Waals surface area contributed by atoms with E-state index < -0.39 is 17.8 Å². The highest BCUT2D eigenvalue weighted by Crippen LogP contribution is 2.35. The van der Waals surface area contributed by atoms with Crippen molar-refractivity contribution in [2.24, 2.45) is 0 Å². The molecule has 1 unspecified atom stereocenters. The lowest BCUT2D eigenvalue weighted by Crippen LogP contribution is -2.29. The molecule has 0 aliphatic carbocycles. The number of amides is 1. The zero-order valence-corrected chi connectivity index (χ0v) is 18.6. The van der Waals surface area contributed by atoms with Gasteiger partial charge in [0.1, 0.15) is 13.2 Å². The van der Waals surface area contributed by atoms with Crippen LogP contribution in [0.15, 0.2) is 42.5 Å². The molecule has 6 nitrogen and oxygen atoms in total. The van der Waals surface area contributed by atoms with Crippen LogP contribution < -0.4 is 14.8 Å². The molecular weight excluding hydrogens is 459 g/mol. The minimum absolute atomic E-state index is 0.0604. The summed E-state index contributed by atoms with van der Waals surface area (Å²) in [5.41, 5.74) is 0.215. The molecule has 0 fully saturated rings. The van der Waals surface area contributed by atoms with Crippen molar-refractivity contribution in [1.29, 1.82) is 0 Å². The Morgan fingerprint density at radius 3 is 2.61 bits per heavy atom. The zero-order chi connectivity index (χ0) is 23.8. The monoisotopic (exact) mass is 479 g/mol. The van der Waals surface area contributed by atoms with Crippen LogP contribution in [-0.2, 0) is 17.5 Å². The Kier molecular flexibility index (Phi) is 6.25. The number of aromatic nitrogens is 2. The summed E-state index contributed by atoms with van der Waals surface area (Å²) in [5, 5.41) is 6.87. The van der Waals surface area contributed by atoms with E-state index in [1.807, 2.05) is 0 Å². The molecule has 0 saturated heterocycles. The number of benzene rings is 2. The first kappa shape index (κ1) is 23.0. The van der Waals surface area contributed by atoms with E-state index in [-0.39, 0.29) is 23.7 Å². The SMILES string of the molecule is Cc1c(C(F)(F)F)nn(-c2cccc(Cl)c2)c1CNC(=O)C(C)c1ccc2c(c1)OCCO2. The standard InChI is InChI=1S/C23H21ClF3N3O3/c1-13(15-6-7-19-20(10-15)33-9-8-32-19)22(31)28-12-18-14(2)21(23(25,26)27)29-30(18)17-5-3-4-16(24)11-17/h3-7,10-11,13H,8-9,12H2,1-2H3,(H,28,31). The summed E-state index contributed by atoms with van der Waals surface area (Å²) in [6.07, 6.45) is -4.63. The summed E-state index contributed by atoms with van der Waals surface area (Å²) in [4.78, 5) is 12.8. The average Bonchev–Trinajstić information content (AvgIpc) is 3.13. The number of hydrogen-bond donors (Lipinski definition) is 1. The van der Waals surface area contributed by atoms with Gasteiger partial charge >= 0.3 is 6.18 Å². The van der Waals surface area contributed by atoms with Crippen molar-refractivity contribution in [1.82, 2.24) is 15.1 Å². The number of carbonyl (C=O) groups excluding carboxylic acids is 1. The highest BCUT2D eigenvalue weighted by Gasteiger charge is 2.38. The second kappa shape index (κ2) is 8.97. The maximum atomic E-state index is 13.5. The van der Waals surface area contributed by atoms with Gasteiger partial charge in [-0.05, 0) is 49.7 Å². The van der Waals surface area contributed by atoms with Crippen molar-refractivity contribution in [3.05, 3.63) is 70.0 Å². The minimum atomic E-state index is -4.63. The van der Waals surface area contributed by atoms with Gasteiger partial charge in [0.25, 0.3) is 0 Å². The van der Waals surface area contributed by atoms with Gasteiger partial charge in [0.2, 0.25) is 5.91 Å². The number of ether oxygens (including phenoxy) is 2. The molecule has 0 saturated carbocycles. The molecule has 1 N–H and O–H groups in total. The molecule has 174 valence electrons. The maximum Gasteiger partial charge on any atom is 0.435 e. The van der Waals surface area contributed by atoms with E-state index in [0.717, 1.165) is 0 Å². The molecule has 1 aliphatic heterocycles. The van der Waals surface area contributed by atoms with Gasteiger partial charge in [0, 0.05) is 10.6 Å². The molecule has 0 bridgehead atoms. The number of hydrogen-bond acceptors (Lipinski definition) is 4.